The number of carbonyl (C=O) groups is 1. The van der Waals surface area contributed by atoms with E-state index in [1.165, 1.54) is 19.3 Å². The molecule has 2 atom stereocenters. The van der Waals surface area contributed by atoms with Crippen molar-refractivity contribution in [3.63, 3.8) is 0 Å². The minimum atomic E-state index is -0.213. The molecular formula is C12H18O2. The maximum Gasteiger partial charge on any atom is 0.333 e. The van der Waals surface area contributed by atoms with E-state index >= 15 is 0 Å². The SMILES string of the molecule is C=C(C)C(=O)OC1CC2CCCC2C1. The summed E-state index contributed by atoms with van der Waals surface area (Å²) in [4.78, 5) is 11.3. The minimum absolute atomic E-state index is 0.175. The van der Waals surface area contributed by atoms with Crippen LogP contribution in [-0.2, 0) is 9.53 Å². The molecule has 0 aliphatic heterocycles. The number of hydrogen-bond acceptors (Lipinski definition) is 2. The largest absolute Gasteiger partial charge is 0.459 e. The number of rotatable bonds is 2. The lowest BCUT2D eigenvalue weighted by Gasteiger charge is -2.12. The van der Waals surface area contributed by atoms with Crippen LogP contribution in [0.4, 0.5) is 0 Å². The van der Waals surface area contributed by atoms with Gasteiger partial charge in [0.1, 0.15) is 6.10 Å². The molecule has 0 bridgehead atoms. The monoisotopic (exact) mass is 194 g/mol. The molecule has 0 N–H and O–H groups in total. The molecule has 0 aromatic carbocycles. The molecule has 14 heavy (non-hydrogen) atoms. The van der Waals surface area contributed by atoms with Gasteiger partial charge in [0.2, 0.25) is 0 Å². The Morgan fingerprint density at radius 1 is 1.29 bits per heavy atom. The molecule has 2 fully saturated rings. The van der Waals surface area contributed by atoms with Crippen LogP contribution in [-0.4, -0.2) is 12.1 Å². The minimum Gasteiger partial charge on any atom is -0.459 e. The smallest absolute Gasteiger partial charge is 0.333 e. The first kappa shape index (κ1) is 9.75. The van der Waals surface area contributed by atoms with Crippen LogP contribution in [0.3, 0.4) is 0 Å². The highest BCUT2D eigenvalue weighted by Gasteiger charge is 2.38. The summed E-state index contributed by atoms with van der Waals surface area (Å²) in [5, 5.41) is 0. The molecule has 0 saturated heterocycles. The van der Waals surface area contributed by atoms with Crippen LogP contribution in [0.15, 0.2) is 12.2 Å². The first-order chi connectivity index (χ1) is 6.66. The second-order valence-corrected chi connectivity index (χ2v) is 4.73. The van der Waals surface area contributed by atoms with Gasteiger partial charge in [-0.1, -0.05) is 25.8 Å². The van der Waals surface area contributed by atoms with Crippen LogP contribution in [0.1, 0.15) is 39.0 Å². The van der Waals surface area contributed by atoms with Crippen molar-refractivity contribution in [3.05, 3.63) is 12.2 Å². The Kier molecular flexibility index (Phi) is 2.62. The van der Waals surface area contributed by atoms with Gasteiger partial charge < -0.3 is 4.74 Å². The van der Waals surface area contributed by atoms with Gasteiger partial charge in [-0.15, -0.1) is 0 Å². The Labute approximate surface area is 85.3 Å². The quantitative estimate of drug-likeness (QED) is 0.499. The van der Waals surface area contributed by atoms with Crippen LogP contribution in [0.2, 0.25) is 0 Å². The van der Waals surface area contributed by atoms with Crippen LogP contribution >= 0.6 is 0 Å². The summed E-state index contributed by atoms with van der Waals surface area (Å²) in [7, 11) is 0. The van der Waals surface area contributed by atoms with E-state index in [2.05, 4.69) is 6.58 Å². The van der Waals surface area contributed by atoms with Gasteiger partial charge in [0, 0.05) is 5.57 Å². The number of esters is 1. The lowest BCUT2D eigenvalue weighted by atomic mass is 10.0. The molecule has 78 valence electrons. The van der Waals surface area contributed by atoms with Gasteiger partial charge in [0.25, 0.3) is 0 Å². The summed E-state index contributed by atoms with van der Waals surface area (Å²) in [6.07, 6.45) is 6.40. The second-order valence-electron chi connectivity index (χ2n) is 4.73. The first-order valence-corrected chi connectivity index (χ1v) is 5.53. The van der Waals surface area contributed by atoms with Gasteiger partial charge in [0.15, 0.2) is 0 Å². The molecule has 2 rings (SSSR count). The van der Waals surface area contributed by atoms with Crippen molar-refractivity contribution < 1.29 is 9.53 Å². The van der Waals surface area contributed by atoms with E-state index in [1.807, 2.05) is 0 Å². The maximum absolute atomic E-state index is 11.3. The average Bonchev–Trinajstić information content (AvgIpc) is 2.63. The molecule has 0 spiro atoms. The standard InChI is InChI=1S/C12H18O2/c1-8(2)12(13)14-11-6-9-4-3-5-10(9)7-11/h9-11H,1,3-7H2,2H3. The Bertz CT molecular complexity index is 245. The molecule has 0 heterocycles. The molecule has 2 heteroatoms. The molecule has 2 unspecified atom stereocenters. The third-order valence-corrected chi connectivity index (χ3v) is 3.57. The molecular weight excluding hydrogens is 176 g/mol. The fraction of sp³-hybridized carbons (Fsp3) is 0.750. The molecule has 2 nitrogen and oxygen atoms in total. The van der Waals surface area contributed by atoms with E-state index in [1.54, 1.807) is 6.92 Å². The van der Waals surface area contributed by atoms with Crippen molar-refractivity contribution in [3.8, 4) is 0 Å². The zero-order chi connectivity index (χ0) is 10.1. The fourth-order valence-electron chi connectivity index (χ4n) is 2.85. The molecule has 0 amide bonds. The van der Waals surface area contributed by atoms with Crippen molar-refractivity contribution in [1.29, 1.82) is 0 Å². The van der Waals surface area contributed by atoms with Crippen LogP contribution in [0.5, 0.6) is 0 Å². The predicted octanol–water partition coefficient (Wildman–Crippen LogP) is 2.68. The van der Waals surface area contributed by atoms with Crippen LogP contribution < -0.4 is 0 Å². The topological polar surface area (TPSA) is 26.3 Å². The summed E-state index contributed by atoms with van der Waals surface area (Å²) < 4.78 is 5.37. The van der Waals surface area contributed by atoms with Gasteiger partial charge in [-0.3, -0.25) is 0 Å². The fourth-order valence-corrected chi connectivity index (χ4v) is 2.85. The lowest BCUT2D eigenvalue weighted by molar-refractivity contribution is -0.144. The summed E-state index contributed by atoms with van der Waals surface area (Å²) >= 11 is 0. The molecule has 0 aromatic heterocycles. The lowest BCUT2D eigenvalue weighted by Crippen LogP contribution is -2.16. The van der Waals surface area contributed by atoms with Crippen molar-refractivity contribution >= 4 is 5.97 Å². The number of carbonyl (C=O) groups excluding carboxylic acids is 1. The van der Waals surface area contributed by atoms with Gasteiger partial charge in [-0.25, -0.2) is 4.79 Å². The highest BCUT2D eigenvalue weighted by molar-refractivity contribution is 5.87. The highest BCUT2D eigenvalue weighted by Crippen LogP contribution is 2.44. The predicted molar refractivity (Wildman–Crippen MR) is 54.8 cm³/mol. The van der Waals surface area contributed by atoms with E-state index < -0.39 is 0 Å². The molecule has 0 radical (unpaired) electrons. The molecule has 2 aliphatic rings. The van der Waals surface area contributed by atoms with Crippen LogP contribution in [0, 0.1) is 11.8 Å². The van der Waals surface area contributed by atoms with E-state index in [-0.39, 0.29) is 12.1 Å². The van der Waals surface area contributed by atoms with Gasteiger partial charge >= 0.3 is 5.97 Å². The second kappa shape index (κ2) is 3.76. The first-order valence-electron chi connectivity index (χ1n) is 5.53. The van der Waals surface area contributed by atoms with Crippen molar-refractivity contribution in [2.45, 2.75) is 45.1 Å². The Morgan fingerprint density at radius 3 is 2.36 bits per heavy atom. The number of fused-ring (bicyclic) bond motifs is 1. The Morgan fingerprint density at radius 2 is 1.86 bits per heavy atom. The molecule has 0 aromatic rings. The molecule has 2 aliphatic carbocycles. The normalized spacial score (nSPS) is 35.4. The van der Waals surface area contributed by atoms with Crippen molar-refractivity contribution in [2.75, 3.05) is 0 Å². The Hall–Kier alpha value is -0.790. The van der Waals surface area contributed by atoms with E-state index in [0.717, 1.165) is 24.7 Å². The summed E-state index contributed by atoms with van der Waals surface area (Å²) in [5.41, 5.74) is 0.516. The average molecular weight is 194 g/mol. The number of ether oxygens (including phenoxy) is 1. The summed E-state index contributed by atoms with van der Waals surface area (Å²) in [6, 6.07) is 0. The third-order valence-electron chi connectivity index (χ3n) is 3.57. The maximum atomic E-state index is 11.3. The summed E-state index contributed by atoms with van der Waals surface area (Å²) in [6.45, 7) is 5.30. The zero-order valence-electron chi connectivity index (χ0n) is 8.79. The van der Waals surface area contributed by atoms with Crippen molar-refractivity contribution in [1.82, 2.24) is 0 Å². The number of hydrogen-bond donors (Lipinski definition) is 0. The van der Waals surface area contributed by atoms with E-state index in [0.29, 0.717) is 5.57 Å². The van der Waals surface area contributed by atoms with Crippen molar-refractivity contribution in [2.24, 2.45) is 11.8 Å². The highest BCUT2D eigenvalue weighted by atomic mass is 16.5. The van der Waals surface area contributed by atoms with Gasteiger partial charge in [-0.05, 0) is 31.6 Å². The van der Waals surface area contributed by atoms with E-state index in [4.69, 9.17) is 4.74 Å². The van der Waals surface area contributed by atoms with Gasteiger partial charge in [0.05, 0.1) is 0 Å². The summed E-state index contributed by atoms with van der Waals surface area (Å²) in [5.74, 6) is 1.45. The van der Waals surface area contributed by atoms with Crippen LogP contribution in [0.25, 0.3) is 0 Å². The third kappa shape index (κ3) is 1.84. The van der Waals surface area contributed by atoms with E-state index in [9.17, 15) is 4.79 Å². The Balaban J connectivity index is 1.85. The molecule has 2 saturated carbocycles. The zero-order valence-corrected chi connectivity index (χ0v) is 8.79. The van der Waals surface area contributed by atoms with Gasteiger partial charge in [-0.2, -0.15) is 0 Å².